The summed E-state index contributed by atoms with van der Waals surface area (Å²) in [6, 6.07) is 0. The Morgan fingerprint density at radius 3 is 2.18 bits per heavy atom. The van der Waals surface area contributed by atoms with Crippen LogP contribution in [-0.2, 0) is 24.1 Å². The summed E-state index contributed by atoms with van der Waals surface area (Å²) in [6.07, 6.45) is -10.7. The number of aliphatic carboxylic acids is 1. The van der Waals surface area contributed by atoms with Gasteiger partial charge in [0, 0.05) is 0 Å². The topological polar surface area (TPSA) is 176 Å². The van der Waals surface area contributed by atoms with Crippen LogP contribution in [0.1, 0.15) is 0 Å². The number of ether oxygens (including phenoxy) is 1. The Bertz CT molecular complexity index is 390. The van der Waals surface area contributed by atoms with Crippen LogP contribution in [0, 0.1) is 0 Å². The Morgan fingerprint density at radius 1 is 1.24 bits per heavy atom. The average molecular weight is 272 g/mol. The van der Waals surface area contributed by atoms with Crippen LogP contribution >= 0.6 is 0 Å². The first-order valence-corrected chi connectivity index (χ1v) is 5.51. The molecule has 17 heavy (non-hydrogen) atoms. The van der Waals surface area contributed by atoms with Crippen molar-refractivity contribution in [2.75, 3.05) is 0 Å². The van der Waals surface area contributed by atoms with E-state index in [4.69, 9.17) is 5.11 Å². The highest BCUT2D eigenvalue weighted by atomic mass is 32.3. The standard InChI is InChI=1S/C6H10O10S/c7-1-2(8)4(16-17(12,13)14)6(11)15-3(1)5(9)10/h1-4,6-8,11H,(H,9,10)(H,12,13,14)/p-2/t1-,2-,3-,4+,6+/m0/s1. The zero-order chi connectivity index (χ0) is 13.4. The van der Waals surface area contributed by atoms with Gasteiger partial charge >= 0.3 is 0 Å². The highest BCUT2D eigenvalue weighted by molar-refractivity contribution is 7.80. The van der Waals surface area contributed by atoms with Crippen molar-refractivity contribution >= 4 is 16.4 Å². The Labute approximate surface area is 95.0 Å². The molecule has 0 saturated carbocycles. The van der Waals surface area contributed by atoms with Gasteiger partial charge in [0.25, 0.3) is 0 Å². The summed E-state index contributed by atoms with van der Waals surface area (Å²) in [6.45, 7) is 0. The molecule has 0 amide bonds. The molecule has 0 radical (unpaired) electrons. The molecule has 3 N–H and O–H groups in total. The summed E-state index contributed by atoms with van der Waals surface area (Å²) in [7, 11) is -5.27. The monoisotopic (exact) mass is 272 g/mol. The first-order chi connectivity index (χ1) is 7.63. The normalized spacial score (nSPS) is 38.9. The second-order valence-corrected chi connectivity index (χ2v) is 4.23. The molecule has 0 aromatic rings. The predicted molar refractivity (Wildman–Crippen MR) is 42.5 cm³/mol. The number of carboxylic acids is 1. The Balaban J connectivity index is 2.87. The minimum Gasteiger partial charge on any atom is -0.726 e. The van der Waals surface area contributed by atoms with Gasteiger partial charge < -0.3 is 34.5 Å². The summed E-state index contributed by atoms with van der Waals surface area (Å²) in [5.74, 6) is -1.93. The van der Waals surface area contributed by atoms with Crippen LogP contribution in [0.15, 0.2) is 0 Å². The third-order valence-electron chi connectivity index (χ3n) is 2.03. The fourth-order valence-electron chi connectivity index (χ4n) is 1.29. The second-order valence-electron chi connectivity index (χ2n) is 3.22. The van der Waals surface area contributed by atoms with Gasteiger partial charge in [-0.3, -0.25) is 4.18 Å². The van der Waals surface area contributed by atoms with Crippen molar-refractivity contribution in [3.05, 3.63) is 0 Å². The van der Waals surface area contributed by atoms with Crippen LogP contribution < -0.4 is 5.11 Å². The van der Waals surface area contributed by atoms with Crippen molar-refractivity contribution in [3.63, 3.8) is 0 Å². The molecule has 0 spiro atoms. The molecule has 0 aliphatic carbocycles. The first kappa shape index (κ1) is 14.2. The van der Waals surface area contributed by atoms with E-state index in [9.17, 15) is 33.1 Å². The molecule has 1 rings (SSSR count). The van der Waals surface area contributed by atoms with Gasteiger partial charge in [-0.1, -0.05) is 0 Å². The molecule has 0 aromatic heterocycles. The van der Waals surface area contributed by atoms with Crippen LogP contribution in [0.5, 0.6) is 0 Å². The van der Waals surface area contributed by atoms with Crippen LogP contribution in [0.3, 0.4) is 0 Å². The molecule has 5 atom stereocenters. The molecular formula is C6H8O10S-2. The number of aliphatic hydroxyl groups is 3. The molecular weight excluding hydrogens is 264 g/mol. The van der Waals surface area contributed by atoms with Crippen LogP contribution in [-0.4, -0.2) is 65.0 Å². The van der Waals surface area contributed by atoms with Gasteiger partial charge in [0.2, 0.25) is 10.4 Å². The minimum absolute atomic E-state index is 1.93. The van der Waals surface area contributed by atoms with Crippen LogP contribution in [0.25, 0.3) is 0 Å². The molecule has 1 aliphatic heterocycles. The zero-order valence-corrected chi connectivity index (χ0v) is 8.81. The fourth-order valence-corrected chi connectivity index (χ4v) is 1.77. The molecule has 1 heterocycles. The summed E-state index contributed by atoms with van der Waals surface area (Å²) in [5.41, 5.74) is 0. The molecule has 11 heteroatoms. The van der Waals surface area contributed by atoms with Crippen molar-refractivity contribution in [3.8, 4) is 0 Å². The van der Waals surface area contributed by atoms with E-state index in [1.807, 2.05) is 0 Å². The van der Waals surface area contributed by atoms with E-state index < -0.39 is 47.1 Å². The van der Waals surface area contributed by atoms with E-state index in [1.165, 1.54) is 0 Å². The fraction of sp³-hybridized carbons (Fsp3) is 0.833. The van der Waals surface area contributed by atoms with Crippen molar-refractivity contribution in [2.45, 2.75) is 30.7 Å². The lowest BCUT2D eigenvalue weighted by Gasteiger charge is -2.40. The highest BCUT2D eigenvalue weighted by Crippen LogP contribution is 2.23. The number of carbonyl (C=O) groups excluding carboxylic acids is 1. The SMILES string of the molecule is O=C([O-])[C@H]1O[C@@H](O)[C@H](OS(=O)(=O)[O-])[C@@H](O)[C@@H]1O. The minimum atomic E-state index is -5.27. The molecule has 1 fully saturated rings. The number of aliphatic hydroxyl groups excluding tert-OH is 3. The summed E-state index contributed by atoms with van der Waals surface area (Å²) in [4.78, 5) is 10.4. The maximum atomic E-state index is 10.4. The first-order valence-electron chi connectivity index (χ1n) is 4.18. The predicted octanol–water partition coefficient (Wildman–Crippen LogP) is -4.98. The Hall–Kier alpha value is -0.820. The summed E-state index contributed by atoms with van der Waals surface area (Å²) in [5, 5.41) is 38.0. The van der Waals surface area contributed by atoms with Crippen LogP contribution in [0.4, 0.5) is 0 Å². The lowest BCUT2D eigenvalue weighted by molar-refractivity contribution is -0.343. The van der Waals surface area contributed by atoms with Gasteiger partial charge in [-0.15, -0.1) is 0 Å². The van der Waals surface area contributed by atoms with Crippen LogP contribution in [0.2, 0.25) is 0 Å². The van der Waals surface area contributed by atoms with E-state index in [2.05, 4.69) is 8.92 Å². The van der Waals surface area contributed by atoms with Crippen molar-refractivity contribution < 1.29 is 47.1 Å². The number of hydrogen-bond donors (Lipinski definition) is 3. The molecule has 0 aromatic carbocycles. The number of carboxylic acid groups (broad SMARTS) is 1. The van der Waals surface area contributed by atoms with E-state index in [1.54, 1.807) is 0 Å². The zero-order valence-electron chi connectivity index (χ0n) is 7.99. The molecule has 10 nitrogen and oxygen atoms in total. The molecule has 1 saturated heterocycles. The largest absolute Gasteiger partial charge is 0.726 e. The highest BCUT2D eigenvalue weighted by Gasteiger charge is 2.46. The van der Waals surface area contributed by atoms with E-state index in [0.29, 0.717) is 0 Å². The van der Waals surface area contributed by atoms with Gasteiger partial charge in [0.1, 0.15) is 18.3 Å². The third-order valence-corrected chi connectivity index (χ3v) is 2.48. The van der Waals surface area contributed by atoms with E-state index >= 15 is 0 Å². The number of carbonyl (C=O) groups is 1. The van der Waals surface area contributed by atoms with Crippen molar-refractivity contribution in [2.24, 2.45) is 0 Å². The van der Waals surface area contributed by atoms with Gasteiger partial charge in [-0.2, -0.15) is 0 Å². The van der Waals surface area contributed by atoms with Gasteiger partial charge in [-0.25, -0.2) is 8.42 Å². The molecule has 100 valence electrons. The Kier molecular flexibility index (Phi) is 4.03. The van der Waals surface area contributed by atoms with Crippen molar-refractivity contribution in [1.82, 2.24) is 0 Å². The Morgan fingerprint density at radius 2 is 1.76 bits per heavy atom. The van der Waals surface area contributed by atoms with Crippen molar-refractivity contribution in [1.29, 1.82) is 0 Å². The number of rotatable bonds is 3. The smallest absolute Gasteiger partial charge is 0.218 e. The quantitative estimate of drug-likeness (QED) is 0.333. The van der Waals surface area contributed by atoms with Gasteiger partial charge in [-0.05, 0) is 0 Å². The lowest BCUT2D eigenvalue weighted by atomic mass is 9.99. The third kappa shape index (κ3) is 3.32. The summed E-state index contributed by atoms with van der Waals surface area (Å²) < 4.78 is 38.7. The average Bonchev–Trinajstić information content (AvgIpc) is 2.16. The van der Waals surface area contributed by atoms with E-state index in [-0.39, 0.29) is 0 Å². The van der Waals surface area contributed by atoms with Gasteiger partial charge in [0.05, 0.1) is 5.97 Å². The lowest BCUT2D eigenvalue weighted by Crippen LogP contribution is -2.63. The number of hydrogen-bond acceptors (Lipinski definition) is 10. The molecule has 0 bridgehead atoms. The molecule has 0 unspecified atom stereocenters. The van der Waals surface area contributed by atoms with E-state index in [0.717, 1.165) is 0 Å². The van der Waals surface area contributed by atoms with Gasteiger partial charge in [0.15, 0.2) is 12.4 Å². The maximum Gasteiger partial charge on any atom is 0.218 e. The molecule has 1 aliphatic rings. The maximum absolute atomic E-state index is 10.4. The second kappa shape index (κ2) is 4.81. The summed E-state index contributed by atoms with van der Waals surface area (Å²) >= 11 is 0.